The summed E-state index contributed by atoms with van der Waals surface area (Å²) < 4.78 is 12.6. The number of nitrogens with zero attached hydrogens (tertiary/aromatic N) is 2. The molecule has 0 radical (unpaired) electrons. The fourth-order valence-electron chi connectivity index (χ4n) is 1.53. The number of benzene rings is 1. The highest BCUT2D eigenvalue weighted by Gasteiger charge is 2.00. The Morgan fingerprint density at radius 1 is 1.21 bits per heavy atom. The third-order valence-electron chi connectivity index (χ3n) is 2.49. The number of hydrogen-bond acceptors (Lipinski definition) is 4. The minimum absolute atomic E-state index is 0.318. The minimum Gasteiger partial charge on any atom is -0.370 e. The highest BCUT2D eigenvalue weighted by Crippen LogP contribution is 2.14. The van der Waals surface area contributed by atoms with Gasteiger partial charge in [0.15, 0.2) is 5.82 Å². The van der Waals surface area contributed by atoms with Gasteiger partial charge in [0.25, 0.3) is 0 Å². The van der Waals surface area contributed by atoms with Gasteiger partial charge in [-0.25, -0.2) is 14.4 Å². The van der Waals surface area contributed by atoms with Crippen LogP contribution >= 0.6 is 0 Å². The standard InChI is InChI=1S/C13H13FN4O/c14-10-7-16-13(17-8-10)18-11-4-1-9(2-5-11)3-6-12(15)19/h1-2,4-5,7-8H,3,6H2,(H2,15,19)(H,16,17,18). The Kier molecular flexibility index (Phi) is 4.02. The Morgan fingerprint density at radius 2 is 1.84 bits per heavy atom. The largest absolute Gasteiger partial charge is 0.370 e. The van der Waals surface area contributed by atoms with Gasteiger partial charge in [0.1, 0.15) is 0 Å². The van der Waals surface area contributed by atoms with Crippen LogP contribution in [0, 0.1) is 5.82 Å². The molecule has 0 fully saturated rings. The van der Waals surface area contributed by atoms with E-state index in [4.69, 9.17) is 5.73 Å². The SMILES string of the molecule is NC(=O)CCc1ccc(Nc2ncc(F)cn2)cc1. The fourth-order valence-corrected chi connectivity index (χ4v) is 1.53. The zero-order valence-electron chi connectivity index (χ0n) is 10.1. The molecule has 3 N–H and O–H groups in total. The van der Waals surface area contributed by atoms with Gasteiger partial charge in [0.2, 0.25) is 11.9 Å². The van der Waals surface area contributed by atoms with Crippen molar-refractivity contribution in [3.63, 3.8) is 0 Å². The van der Waals surface area contributed by atoms with E-state index in [1.165, 1.54) is 0 Å². The van der Waals surface area contributed by atoms with Crippen molar-refractivity contribution >= 4 is 17.5 Å². The first-order valence-corrected chi connectivity index (χ1v) is 5.75. The number of carbonyl (C=O) groups excluding carboxylic acids is 1. The molecule has 1 heterocycles. The molecule has 0 bridgehead atoms. The molecule has 0 saturated heterocycles. The van der Waals surface area contributed by atoms with Crippen molar-refractivity contribution in [3.05, 3.63) is 48.0 Å². The minimum atomic E-state index is -0.479. The summed E-state index contributed by atoms with van der Waals surface area (Å²) in [6.07, 6.45) is 3.13. The van der Waals surface area contributed by atoms with Crippen molar-refractivity contribution in [2.45, 2.75) is 12.8 Å². The van der Waals surface area contributed by atoms with E-state index in [1.807, 2.05) is 24.3 Å². The summed E-state index contributed by atoms with van der Waals surface area (Å²) in [6, 6.07) is 7.44. The van der Waals surface area contributed by atoms with E-state index in [0.717, 1.165) is 23.6 Å². The van der Waals surface area contributed by atoms with Crippen LogP contribution < -0.4 is 11.1 Å². The lowest BCUT2D eigenvalue weighted by Gasteiger charge is -2.05. The second-order valence-corrected chi connectivity index (χ2v) is 4.01. The van der Waals surface area contributed by atoms with Gasteiger partial charge in [-0.3, -0.25) is 4.79 Å². The molecule has 1 aromatic carbocycles. The fraction of sp³-hybridized carbons (Fsp3) is 0.154. The second-order valence-electron chi connectivity index (χ2n) is 4.01. The number of amides is 1. The molecule has 6 heteroatoms. The monoisotopic (exact) mass is 260 g/mol. The van der Waals surface area contributed by atoms with Crippen LogP contribution in [-0.4, -0.2) is 15.9 Å². The Bertz CT molecular complexity index is 554. The molecule has 0 saturated carbocycles. The average molecular weight is 260 g/mol. The summed E-state index contributed by atoms with van der Waals surface area (Å²) >= 11 is 0. The maximum absolute atomic E-state index is 12.6. The lowest BCUT2D eigenvalue weighted by molar-refractivity contribution is -0.117. The number of anilines is 2. The smallest absolute Gasteiger partial charge is 0.227 e. The van der Waals surface area contributed by atoms with Crippen LogP contribution in [0.25, 0.3) is 0 Å². The van der Waals surface area contributed by atoms with E-state index in [-0.39, 0.29) is 5.91 Å². The number of nitrogens with one attached hydrogen (secondary N) is 1. The van der Waals surface area contributed by atoms with Crippen LogP contribution in [0.2, 0.25) is 0 Å². The molecule has 98 valence electrons. The molecule has 0 aliphatic carbocycles. The number of hydrogen-bond donors (Lipinski definition) is 2. The van der Waals surface area contributed by atoms with Gasteiger partial charge in [-0.05, 0) is 24.1 Å². The van der Waals surface area contributed by atoms with Gasteiger partial charge < -0.3 is 11.1 Å². The Labute approximate surface area is 109 Å². The van der Waals surface area contributed by atoms with Gasteiger partial charge in [-0.15, -0.1) is 0 Å². The molecule has 0 unspecified atom stereocenters. The number of aryl methyl sites for hydroxylation is 1. The van der Waals surface area contributed by atoms with E-state index in [2.05, 4.69) is 15.3 Å². The number of aromatic nitrogens is 2. The molecule has 2 aromatic rings. The Morgan fingerprint density at radius 3 is 2.42 bits per heavy atom. The molecule has 19 heavy (non-hydrogen) atoms. The van der Waals surface area contributed by atoms with E-state index < -0.39 is 5.82 Å². The Balaban J connectivity index is 1.98. The maximum Gasteiger partial charge on any atom is 0.227 e. The first kappa shape index (κ1) is 12.9. The molecule has 1 amide bonds. The number of primary amides is 1. The third kappa shape index (κ3) is 4.02. The predicted octanol–water partition coefficient (Wildman–Crippen LogP) is 1.78. The molecule has 0 aliphatic rings. The first-order chi connectivity index (χ1) is 9.13. The van der Waals surface area contributed by atoms with Crippen LogP contribution in [0.4, 0.5) is 16.0 Å². The van der Waals surface area contributed by atoms with E-state index in [0.29, 0.717) is 18.8 Å². The van der Waals surface area contributed by atoms with Gasteiger partial charge in [0.05, 0.1) is 12.4 Å². The highest BCUT2D eigenvalue weighted by atomic mass is 19.1. The van der Waals surface area contributed by atoms with Crippen molar-refractivity contribution in [1.82, 2.24) is 9.97 Å². The molecule has 0 atom stereocenters. The number of carbonyl (C=O) groups is 1. The van der Waals surface area contributed by atoms with Crippen molar-refractivity contribution < 1.29 is 9.18 Å². The zero-order chi connectivity index (χ0) is 13.7. The van der Waals surface area contributed by atoms with Crippen molar-refractivity contribution in [1.29, 1.82) is 0 Å². The number of nitrogens with two attached hydrogens (primary N) is 1. The van der Waals surface area contributed by atoms with Crippen molar-refractivity contribution in [2.24, 2.45) is 5.73 Å². The molecular formula is C13H13FN4O. The van der Waals surface area contributed by atoms with Crippen LogP contribution in [0.1, 0.15) is 12.0 Å². The van der Waals surface area contributed by atoms with Gasteiger partial charge in [-0.2, -0.15) is 0 Å². The molecule has 0 spiro atoms. The predicted molar refractivity (Wildman–Crippen MR) is 69.2 cm³/mol. The van der Waals surface area contributed by atoms with Crippen molar-refractivity contribution in [3.8, 4) is 0 Å². The molecular weight excluding hydrogens is 247 g/mol. The second kappa shape index (κ2) is 5.90. The van der Waals surface area contributed by atoms with Crippen LogP contribution in [-0.2, 0) is 11.2 Å². The van der Waals surface area contributed by atoms with Crippen LogP contribution in [0.15, 0.2) is 36.7 Å². The normalized spacial score (nSPS) is 10.2. The maximum atomic E-state index is 12.6. The van der Waals surface area contributed by atoms with Gasteiger partial charge >= 0.3 is 0 Å². The molecule has 1 aromatic heterocycles. The van der Waals surface area contributed by atoms with Crippen LogP contribution in [0.5, 0.6) is 0 Å². The van der Waals surface area contributed by atoms with Gasteiger partial charge in [0, 0.05) is 12.1 Å². The van der Waals surface area contributed by atoms with Crippen molar-refractivity contribution in [2.75, 3.05) is 5.32 Å². The summed E-state index contributed by atoms with van der Waals surface area (Å²) in [5.74, 6) is -0.472. The molecule has 2 rings (SSSR count). The first-order valence-electron chi connectivity index (χ1n) is 5.75. The topological polar surface area (TPSA) is 80.9 Å². The van der Waals surface area contributed by atoms with E-state index >= 15 is 0 Å². The highest BCUT2D eigenvalue weighted by molar-refractivity contribution is 5.74. The molecule has 5 nitrogen and oxygen atoms in total. The summed E-state index contributed by atoms with van der Waals surface area (Å²) in [5, 5.41) is 2.94. The summed E-state index contributed by atoms with van der Waals surface area (Å²) in [4.78, 5) is 18.3. The molecule has 0 aliphatic heterocycles. The summed E-state index contributed by atoms with van der Waals surface area (Å²) in [6.45, 7) is 0. The lowest BCUT2D eigenvalue weighted by atomic mass is 10.1. The number of rotatable bonds is 5. The van der Waals surface area contributed by atoms with E-state index in [9.17, 15) is 9.18 Å². The average Bonchev–Trinajstić information content (AvgIpc) is 2.40. The van der Waals surface area contributed by atoms with Gasteiger partial charge in [-0.1, -0.05) is 12.1 Å². The lowest BCUT2D eigenvalue weighted by Crippen LogP contribution is -2.11. The Hall–Kier alpha value is -2.50. The quantitative estimate of drug-likeness (QED) is 0.858. The summed E-state index contributed by atoms with van der Waals surface area (Å²) in [5.41, 5.74) is 6.89. The zero-order valence-corrected chi connectivity index (χ0v) is 10.1. The van der Waals surface area contributed by atoms with E-state index in [1.54, 1.807) is 0 Å². The third-order valence-corrected chi connectivity index (χ3v) is 2.49. The van der Waals surface area contributed by atoms with Crippen LogP contribution in [0.3, 0.4) is 0 Å². The number of halogens is 1. The summed E-state index contributed by atoms with van der Waals surface area (Å²) in [7, 11) is 0.